The van der Waals surface area contributed by atoms with Gasteiger partial charge in [-0.15, -0.1) is 0 Å². The molecular weight excluding hydrogens is 248 g/mol. The van der Waals surface area contributed by atoms with Crippen molar-refractivity contribution >= 4 is 11.6 Å². The Morgan fingerprint density at radius 3 is 2.55 bits per heavy atom. The molecular formula is C17H26N2O. The van der Waals surface area contributed by atoms with Crippen LogP contribution in [-0.4, -0.2) is 11.9 Å². The predicted octanol–water partition coefficient (Wildman–Crippen LogP) is 3.56. The lowest BCUT2D eigenvalue weighted by Crippen LogP contribution is -2.40. The zero-order chi connectivity index (χ0) is 14.5. The van der Waals surface area contributed by atoms with E-state index in [-0.39, 0.29) is 5.91 Å². The van der Waals surface area contributed by atoms with Crippen molar-refractivity contribution in [3.05, 3.63) is 29.8 Å². The summed E-state index contributed by atoms with van der Waals surface area (Å²) in [6.07, 6.45) is 3.99. The molecule has 0 spiro atoms. The second-order valence-electron chi connectivity index (χ2n) is 6.13. The van der Waals surface area contributed by atoms with Gasteiger partial charge in [0.15, 0.2) is 0 Å². The number of amides is 1. The van der Waals surface area contributed by atoms with Gasteiger partial charge >= 0.3 is 0 Å². The number of rotatable bonds is 4. The smallest absolute Gasteiger partial charge is 0.221 e. The van der Waals surface area contributed by atoms with E-state index in [1.54, 1.807) is 0 Å². The highest BCUT2D eigenvalue weighted by Gasteiger charge is 2.26. The summed E-state index contributed by atoms with van der Waals surface area (Å²) >= 11 is 0. The first-order valence-electron chi connectivity index (χ1n) is 7.66. The van der Waals surface area contributed by atoms with E-state index in [1.165, 1.54) is 31.7 Å². The molecule has 3 nitrogen and oxygen atoms in total. The number of carbonyl (C=O) groups excluding carboxylic acids is 1. The predicted molar refractivity (Wildman–Crippen MR) is 83.6 cm³/mol. The second-order valence-corrected chi connectivity index (χ2v) is 6.13. The SMILES string of the molecule is CC(=O)Nc1ccc(CNC2CCCC(C)C2C)cc1. The van der Waals surface area contributed by atoms with Gasteiger partial charge in [-0.3, -0.25) is 4.79 Å². The van der Waals surface area contributed by atoms with Crippen molar-refractivity contribution < 1.29 is 4.79 Å². The normalized spacial score (nSPS) is 26.2. The van der Waals surface area contributed by atoms with Gasteiger partial charge < -0.3 is 10.6 Å². The third-order valence-corrected chi connectivity index (χ3v) is 4.55. The number of hydrogen-bond donors (Lipinski definition) is 2. The Bertz CT molecular complexity index is 441. The van der Waals surface area contributed by atoms with Gasteiger partial charge in [-0.1, -0.05) is 38.8 Å². The van der Waals surface area contributed by atoms with Gasteiger partial charge in [0.25, 0.3) is 0 Å². The summed E-state index contributed by atoms with van der Waals surface area (Å²) in [4.78, 5) is 11.0. The summed E-state index contributed by atoms with van der Waals surface area (Å²) < 4.78 is 0. The van der Waals surface area contributed by atoms with Crippen molar-refractivity contribution in [1.29, 1.82) is 0 Å². The number of hydrogen-bond acceptors (Lipinski definition) is 2. The molecule has 1 aromatic rings. The van der Waals surface area contributed by atoms with Crippen LogP contribution in [0.15, 0.2) is 24.3 Å². The summed E-state index contributed by atoms with van der Waals surface area (Å²) in [5.74, 6) is 1.55. The maximum absolute atomic E-state index is 11.0. The number of anilines is 1. The first-order chi connectivity index (χ1) is 9.56. The molecule has 1 aliphatic carbocycles. The maximum atomic E-state index is 11.0. The van der Waals surface area contributed by atoms with Crippen LogP contribution in [0.3, 0.4) is 0 Å². The van der Waals surface area contributed by atoms with Gasteiger partial charge in [0.1, 0.15) is 0 Å². The zero-order valence-corrected chi connectivity index (χ0v) is 12.8. The van der Waals surface area contributed by atoms with E-state index in [0.29, 0.717) is 6.04 Å². The molecule has 3 heteroatoms. The average Bonchev–Trinajstić information content (AvgIpc) is 2.41. The molecule has 110 valence electrons. The van der Waals surface area contributed by atoms with E-state index in [0.717, 1.165) is 24.1 Å². The Labute approximate surface area is 122 Å². The summed E-state index contributed by atoms with van der Waals surface area (Å²) in [7, 11) is 0. The van der Waals surface area contributed by atoms with Gasteiger partial charge in [0.05, 0.1) is 0 Å². The zero-order valence-electron chi connectivity index (χ0n) is 12.8. The standard InChI is InChI=1S/C17H26N2O/c1-12-5-4-6-17(13(12)2)18-11-15-7-9-16(10-8-15)19-14(3)20/h7-10,12-13,17-18H,4-6,11H2,1-3H3,(H,19,20). The molecule has 0 aromatic heterocycles. The van der Waals surface area contributed by atoms with E-state index >= 15 is 0 Å². The van der Waals surface area contributed by atoms with Crippen LogP contribution in [0.4, 0.5) is 5.69 Å². The van der Waals surface area contributed by atoms with Crippen molar-refractivity contribution in [1.82, 2.24) is 5.32 Å². The molecule has 0 aliphatic heterocycles. The van der Waals surface area contributed by atoms with E-state index < -0.39 is 0 Å². The van der Waals surface area contributed by atoms with Crippen LogP contribution < -0.4 is 10.6 Å². The monoisotopic (exact) mass is 274 g/mol. The van der Waals surface area contributed by atoms with Crippen molar-refractivity contribution in [2.75, 3.05) is 5.32 Å². The van der Waals surface area contributed by atoms with Crippen LogP contribution >= 0.6 is 0 Å². The van der Waals surface area contributed by atoms with E-state index in [1.807, 2.05) is 12.1 Å². The Kier molecular flexibility index (Phi) is 5.18. The number of nitrogens with one attached hydrogen (secondary N) is 2. The van der Waals surface area contributed by atoms with Crippen LogP contribution in [0.2, 0.25) is 0 Å². The minimum absolute atomic E-state index is 0.0270. The topological polar surface area (TPSA) is 41.1 Å². The molecule has 1 saturated carbocycles. The van der Waals surface area contributed by atoms with Crippen LogP contribution in [0.1, 0.15) is 45.6 Å². The first-order valence-corrected chi connectivity index (χ1v) is 7.66. The summed E-state index contributed by atoms with van der Waals surface area (Å²) in [5, 5.41) is 6.48. The molecule has 0 saturated heterocycles. The van der Waals surface area contributed by atoms with Crippen LogP contribution in [-0.2, 0) is 11.3 Å². The second kappa shape index (κ2) is 6.89. The summed E-state index contributed by atoms with van der Waals surface area (Å²) in [6.45, 7) is 7.16. The Balaban J connectivity index is 1.86. The largest absolute Gasteiger partial charge is 0.326 e. The Morgan fingerprint density at radius 1 is 1.20 bits per heavy atom. The fourth-order valence-electron chi connectivity index (χ4n) is 3.03. The fourth-order valence-corrected chi connectivity index (χ4v) is 3.03. The van der Waals surface area contributed by atoms with Crippen molar-refractivity contribution in [2.45, 2.75) is 52.6 Å². The van der Waals surface area contributed by atoms with E-state index in [9.17, 15) is 4.79 Å². The fraction of sp³-hybridized carbons (Fsp3) is 0.588. The van der Waals surface area contributed by atoms with E-state index in [2.05, 4.69) is 36.6 Å². The Morgan fingerprint density at radius 2 is 1.90 bits per heavy atom. The summed E-state index contributed by atoms with van der Waals surface area (Å²) in [6, 6.07) is 8.72. The lowest BCUT2D eigenvalue weighted by atomic mass is 9.78. The average molecular weight is 274 g/mol. The lowest BCUT2D eigenvalue weighted by Gasteiger charge is -2.34. The molecule has 0 radical (unpaired) electrons. The van der Waals surface area contributed by atoms with Crippen molar-refractivity contribution in [3.63, 3.8) is 0 Å². The highest BCUT2D eigenvalue weighted by atomic mass is 16.1. The number of benzene rings is 1. The maximum Gasteiger partial charge on any atom is 0.221 e. The first kappa shape index (κ1) is 15.0. The molecule has 1 amide bonds. The molecule has 0 heterocycles. The highest BCUT2D eigenvalue weighted by molar-refractivity contribution is 5.88. The van der Waals surface area contributed by atoms with Gasteiger partial charge in [0, 0.05) is 25.2 Å². The van der Waals surface area contributed by atoms with Gasteiger partial charge in [-0.2, -0.15) is 0 Å². The molecule has 3 atom stereocenters. The van der Waals surface area contributed by atoms with Crippen LogP contribution in [0, 0.1) is 11.8 Å². The third kappa shape index (κ3) is 4.07. The van der Waals surface area contributed by atoms with Crippen LogP contribution in [0.25, 0.3) is 0 Å². The number of carbonyl (C=O) groups is 1. The molecule has 1 fully saturated rings. The minimum atomic E-state index is -0.0270. The van der Waals surface area contributed by atoms with Gasteiger partial charge in [-0.25, -0.2) is 0 Å². The molecule has 2 N–H and O–H groups in total. The third-order valence-electron chi connectivity index (χ3n) is 4.55. The lowest BCUT2D eigenvalue weighted by molar-refractivity contribution is -0.114. The van der Waals surface area contributed by atoms with Gasteiger partial charge in [0.2, 0.25) is 5.91 Å². The molecule has 3 unspecified atom stereocenters. The molecule has 1 aromatic carbocycles. The quantitative estimate of drug-likeness (QED) is 0.881. The van der Waals surface area contributed by atoms with Crippen molar-refractivity contribution in [3.8, 4) is 0 Å². The van der Waals surface area contributed by atoms with Crippen LogP contribution in [0.5, 0.6) is 0 Å². The molecule has 2 rings (SSSR count). The van der Waals surface area contributed by atoms with Crippen molar-refractivity contribution in [2.24, 2.45) is 11.8 Å². The molecule has 0 bridgehead atoms. The van der Waals surface area contributed by atoms with E-state index in [4.69, 9.17) is 0 Å². The molecule has 20 heavy (non-hydrogen) atoms. The summed E-state index contributed by atoms with van der Waals surface area (Å²) in [5.41, 5.74) is 2.13. The highest BCUT2D eigenvalue weighted by Crippen LogP contribution is 2.29. The minimum Gasteiger partial charge on any atom is -0.326 e. The Hall–Kier alpha value is -1.35. The molecule has 1 aliphatic rings. The van der Waals surface area contributed by atoms with Gasteiger partial charge in [-0.05, 0) is 36.0 Å².